The molecule has 5 heteroatoms. The van der Waals surface area contributed by atoms with Gasteiger partial charge >= 0.3 is 0 Å². The highest BCUT2D eigenvalue weighted by atomic mass is 35.5. The second-order valence-electron chi connectivity index (χ2n) is 4.33. The van der Waals surface area contributed by atoms with Crippen LogP contribution in [0.15, 0.2) is 47.5 Å². The third kappa shape index (κ3) is 3.88. The second kappa shape index (κ2) is 7.53. The fraction of sp³-hybridized carbons (Fsp3) is 0.267. The molecule has 2 rings (SSSR count). The molecule has 106 valence electrons. The molecular weight excluding hydrogens is 290 g/mol. The van der Waals surface area contributed by atoms with Gasteiger partial charge in [-0.25, -0.2) is 4.98 Å². The first-order chi connectivity index (χ1) is 9.72. The lowest BCUT2D eigenvalue weighted by Crippen LogP contribution is -2.24. The molecule has 0 aliphatic rings. The van der Waals surface area contributed by atoms with Crippen molar-refractivity contribution in [2.24, 2.45) is 0 Å². The average Bonchev–Trinajstić information content (AvgIpc) is 2.46. The summed E-state index contributed by atoms with van der Waals surface area (Å²) in [5, 5.41) is 4.23. The number of hydrogen-bond donors (Lipinski definition) is 2. The van der Waals surface area contributed by atoms with Crippen molar-refractivity contribution in [1.82, 2.24) is 10.3 Å². The van der Waals surface area contributed by atoms with E-state index in [1.54, 1.807) is 18.0 Å². The molecule has 3 nitrogen and oxygen atoms in total. The van der Waals surface area contributed by atoms with Gasteiger partial charge in [0.05, 0.1) is 5.02 Å². The van der Waals surface area contributed by atoms with E-state index < -0.39 is 0 Å². The van der Waals surface area contributed by atoms with Crippen molar-refractivity contribution in [3.8, 4) is 0 Å². The van der Waals surface area contributed by atoms with Gasteiger partial charge in [0.25, 0.3) is 0 Å². The smallest absolute Gasteiger partial charge is 0.128 e. The SMILES string of the molecule is CCNC(CSc1ccccc1Cl)c1cccnc1N. The van der Waals surface area contributed by atoms with Crippen molar-refractivity contribution in [3.05, 3.63) is 53.2 Å². The van der Waals surface area contributed by atoms with Crippen molar-refractivity contribution >= 4 is 29.2 Å². The Bertz CT molecular complexity index is 562. The van der Waals surface area contributed by atoms with Gasteiger partial charge in [0.15, 0.2) is 0 Å². The molecule has 1 atom stereocenters. The summed E-state index contributed by atoms with van der Waals surface area (Å²) in [5.41, 5.74) is 7.00. The molecule has 0 radical (unpaired) electrons. The minimum Gasteiger partial charge on any atom is -0.383 e. The molecule has 0 fully saturated rings. The van der Waals surface area contributed by atoms with E-state index in [-0.39, 0.29) is 6.04 Å². The van der Waals surface area contributed by atoms with Crippen molar-refractivity contribution in [3.63, 3.8) is 0 Å². The molecule has 0 saturated heterocycles. The third-order valence-electron chi connectivity index (χ3n) is 2.94. The zero-order valence-corrected chi connectivity index (χ0v) is 12.9. The third-order valence-corrected chi connectivity index (χ3v) is 4.55. The summed E-state index contributed by atoms with van der Waals surface area (Å²) in [6.45, 7) is 2.96. The van der Waals surface area contributed by atoms with Gasteiger partial charge in [-0.3, -0.25) is 0 Å². The lowest BCUT2D eigenvalue weighted by atomic mass is 10.1. The van der Waals surface area contributed by atoms with Gasteiger partial charge in [0.2, 0.25) is 0 Å². The van der Waals surface area contributed by atoms with Crippen LogP contribution in [0.1, 0.15) is 18.5 Å². The molecule has 3 N–H and O–H groups in total. The summed E-state index contributed by atoms with van der Waals surface area (Å²) in [5.74, 6) is 1.44. The molecule has 0 bridgehead atoms. The standard InChI is InChI=1S/C15H18ClN3S/c1-2-18-13(11-6-5-9-19-15(11)17)10-20-14-8-4-3-7-12(14)16/h3-9,13,18H,2,10H2,1H3,(H2,17,19). The second-order valence-corrected chi connectivity index (χ2v) is 5.80. The number of benzene rings is 1. The quantitative estimate of drug-likeness (QED) is 0.798. The fourth-order valence-corrected chi connectivity index (χ4v) is 3.29. The van der Waals surface area contributed by atoms with Crippen LogP contribution in [0.5, 0.6) is 0 Å². The Morgan fingerprint density at radius 2 is 2.10 bits per heavy atom. The van der Waals surface area contributed by atoms with Crippen LogP contribution in [0.25, 0.3) is 0 Å². The topological polar surface area (TPSA) is 50.9 Å². The number of aromatic nitrogens is 1. The molecule has 0 amide bonds. The van der Waals surface area contributed by atoms with Crippen molar-refractivity contribution < 1.29 is 0 Å². The predicted octanol–water partition coefficient (Wildman–Crippen LogP) is 3.76. The van der Waals surface area contributed by atoms with Gasteiger partial charge in [-0.1, -0.05) is 36.7 Å². The number of thioether (sulfide) groups is 1. The van der Waals surface area contributed by atoms with E-state index in [0.29, 0.717) is 5.82 Å². The van der Waals surface area contributed by atoms with Crippen molar-refractivity contribution in [2.75, 3.05) is 18.0 Å². The number of nitrogens with one attached hydrogen (secondary N) is 1. The molecule has 20 heavy (non-hydrogen) atoms. The average molecular weight is 308 g/mol. The van der Waals surface area contributed by atoms with Crippen LogP contribution in [-0.2, 0) is 0 Å². The van der Waals surface area contributed by atoms with Gasteiger partial charge < -0.3 is 11.1 Å². The van der Waals surface area contributed by atoms with Crippen LogP contribution in [0, 0.1) is 0 Å². The van der Waals surface area contributed by atoms with Crippen LogP contribution in [0.4, 0.5) is 5.82 Å². The Balaban J connectivity index is 2.11. The zero-order chi connectivity index (χ0) is 14.4. The van der Waals surface area contributed by atoms with Crippen LogP contribution >= 0.6 is 23.4 Å². The normalized spacial score (nSPS) is 12.3. The molecule has 1 heterocycles. The van der Waals surface area contributed by atoms with Gasteiger partial charge in [-0.05, 0) is 24.7 Å². The summed E-state index contributed by atoms with van der Waals surface area (Å²) >= 11 is 7.90. The van der Waals surface area contributed by atoms with E-state index in [0.717, 1.165) is 27.8 Å². The Hall–Kier alpha value is -1.23. The van der Waals surface area contributed by atoms with Crippen molar-refractivity contribution in [2.45, 2.75) is 17.9 Å². The number of rotatable bonds is 6. The minimum atomic E-state index is 0.162. The monoisotopic (exact) mass is 307 g/mol. The minimum absolute atomic E-state index is 0.162. The lowest BCUT2D eigenvalue weighted by molar-refractivity contribution is 0.606. The molecule has 1 aromatic heterocycles. The van der Waals surface area contributed by atoms with E-state index in [1.165, 1.54) is 0 Å². The number of anilines is 1. The number of nitrogens with two attached hydrogens (primary N) is 1. The summed E-state index contributed by atoms with van der Waals surface area (Å²) in [4.78, 5) is 5.24. The van der Waals surface area contributed by atoms with Crippen LogP contribution in [0.3, 0.4) is 0 Å². The fourth-order valence-electron chi connectivity index (χ4n) is 1.96. The number of nitrogens with zero attached hydrogens (tertiary/aromatic N) is 1. The summed E-state index contributed by atoms with van der Waals surface area (Å²) < 4.78 is 0. The first-order valence-electron chi connectivity index (χ1n) is 6.53. The van der Waals surface area contributed by atoms with E-state index in [4.69, 9.17) is 17.3 Å². The van der Waals surface area contributed by atoms with Crippen LogP contribution < -0.4 is 11.1 Å². The zero-order valence-electron chi connectivity index (χ0n) is 11.3. The maximum atomic E-state index is 6.18. The molecule has 0 aliphatic heterocycles. The number of hydrogen-bond acceptors (Lipinski definition) is 4. The maximum absolute atomic E-state index is 6.18. The molecular formula is C15H18ClN3S. The number of pyridine rings is 1. The Morgan fingerprint density at radius 1 is 1.30 bits per heavy atom. The highest BCUT2D eigenvalue weighted by molar-refractivity contribution is 7.99. The van der Waals surface area contributed by atoms with Crippen LogP contribution in [-0.4, -0.2) is 17.3 Å². The van der Waals surface area contributed by atoms with Crippen molar-refractivity contribution in [1.29, 1.82) is 0 Å². The Kier molecular flexibility index (Phi) is 5.71. The molecule has 1 aromatic carbocycles. The maximum Gasteiger partial charge on any atom is 0.128 e. The van der Waals surface area contributed by atoms with Gasteiger partial charge in [-0.15, -0.1) is 11.8 Å². The van der Waals surface area contributed by atoms with Gasteiger partial charge in [0.1, 0.15) is 5.82 Å². The number of halogens is 1. The highest BCUT2D eigenvalue weighted by Gasteiger charge is 2.14. The van der Waals surface area contributed by atoms with Crippen LogP contribution in [0.2, 0.25) is 5.02 Å². The summed E-state index contributed by atoms with van der Waals surface area (Å²) in [6.07, 6.45) is 1.71. The lowest BCUT2D eigenvalue weighted by Gasteiger charge is -2.19. The molecule has 0 spiro atoms. The highest BCUT2D eigenvalue weighted by Crippen LogP contribution is 2.31. The summed E-state index contributed by atoms with van der Waals surface area (Å²) in [6, 6.07) is 12.0. The molecule has 0 aliphatic carbocycles. The number of nitrogen functional groups attached to an aromatic ring is 1. The molecule has 2 aromatic rings. The van der Waals surface area contributed by atoms with Gasteiger partial charge in [-0.2, -0.15) is 0 Å². The molecule has 0 saturated carbocycles. The first-order valence-corrected chi connectivity index (χ1v) is 7.89. The Morgan fingerprint density at radius 3 is 2.80 bits per heavy atom. The summed E-state index contributed by atoms with van der Waals surface area (Å²) in [7, 11) is 0. The Labute approximate surface area is 128 Å². The van der Waals surface area contributed by atoms with E-state index in [2.05, 4.69) is 17.2 Å². The first kappa shape index (κ1) is 15.2. The van der Waals surface area contributed by atoms with E-state index in [9.17, 15) is 0 Å². The van der Waals surface area contributed by atoms with E-state index in [1.807, 2.05) is 36.4 Å². The van der Waals surface area contributed by atoms with Gasteiger partial charge in [0, 0.05) is 28.5 Å². The molecule has 1 unspecified atom stereocenters. The van der Waals surface area contributed by atoms with E-state index >= 15 is 0 Å². The largest absolute Gasteiger partial charge is 0.383 e. The predicted molar refractivity (Wildman–Crippen MR) is 87.2 cm³/mol.